The van der Waals surface area contributed by atoms with E-state index in [1.54, 1.807) is 16.5 Å². The van der Waals surface area contributed by atoms with Gasteiger partial charge >= 0.3 is 6.03 Å². The zero-order valence-electron chi connectivity index (χ0n) is 14.0. The smallest absolute Gasteiger partial charge is 0.322 e. The number of amides is 2. The Balaban J connectivity index is 2.24. The fourth-order valence-electron chi connectivity index (χ4n) is 2.33. The molecule has 0 saturated heterocycles. The first-order valence-corrected chi connectivity index (χ1v) is 7.76. The van der Waals surface area contributed by atoms with Crippen molar-refractivity contribution in [2.45, 2.75) is 39.8 Å². The van der Waals surface area contributed by atoms with Gasteiger partial charge in [0.1, 0.15) is 0 Å². The van der Waals surface area contributed by atoms with E-state index in [-0.39, 0.29) is 18.6 Å². The largest absolute Gasteiger partial charge is 0.392 e. The first-order valence-electron chi connectivity index (χ1n) is 7.76. The fraction of sp³-hybridized carbons (Fsp3) is 0.412. The predicted octanol–water partition coefficient (Wildman–Crippen LogP) is 2.80. The molecule has 0 fully saturated rings. The number of carbonyl (C=O) groups is 1. The van der Waals surface area contributed by atoms with Crippen molar-refractivity contribution in [1.29, 1.82) is 0 Å². The third-order valence-corrected chi connectivity index (χ3v) is 3.46. The molecular weight excluding hydrogens is 292 g/mol. The first kappa shape index (κ1) is 17.0. The van der Waals surface area contributed by atoms with E-state index in [2.05, 4.69) is 10.4 Å². The number of urea groups is 1. The third-order valence-electron chi connectivity index (χ3n) is 3.46. The summed E-state index contributed by atoms with van der Waals surface area (Å²) in [6.07, 6.45) is 1.28. The lowest BCUT2D eigenvalue weighted by molar-refractivity contribution is 0.125. The van der Waals surface area contributed by atoms with Crippen LogP contribution in [0.4, 0.5) is 10.5 Å². The van der Waals surface area contributed by atoms with Crippen LogP contribution in [-0.2, 0) is 0 Å². The maximum atomic E-state index is 12.6. The zero-order chi connectivity index (χ0) is 17.0. The molecule has 124 valence electrons. The molecule has 1 unspecified atom stereocenters. The highest BCUT2D eigenvalue weighted by Gasteiger charge is 2.20. The molecule has 0 saturated carbocycles. The van der Waals surface area contributed by atoms with E-state index in [0.717, 1.165) is 11.4 Å². The Hall–Kier alpha value is -2.34. The number of anilines is 1. The quantitative estimate of drug-likeness (QED) is 0.891. The average molecular weight is 316 g/mol. The zero-order valence-corrected chi connectivity index (χ0v) is 14.0. The van der Waals surface area contributed by atoms with Crippen molar-refractivity contribution < 1.29 is 9.90 Å². The number of hydrogen-bond acceptors (Lipinski definition) is 3. The van der Waals surface area contributed by atoms with Gasteiger partial charge < -0.3 is 15.3 Å². The third kappa shape index (κ3) is 4.32. The van der Waals surface area contributed by atoms with Crippen LogP contribution in [0.15, 0.2) is 36.5 Å². The van der Waals surface area contributed by atoms with Gasteiger partial charge in [-0.25, -0.2) is 9.48 Å². The molecule has 0 aliphatic heterocycles. The van der Waals surface area contributed by atoms with E-state index >= 15 is 0 Å². The second-order valence-electron chi connectivity index (χ2n) is 5.94. The van der Waals surface area contributed by atoms with Crippen LogP contribution in [0.1, 0.15) is 26.5 Å². The van der Waals surface area contributed by atoms with Crippen LogP contribution in [0.2, 0.25) is 0 Å². The summed E-state index contributed by atoms with van der Waals surface area (Å²) in [5.41, 5.74) is 2.38. The number of aliphatic hydroxyl groups excluding tert-OH is 1. The number of hydrogen-bond donors (Lipinski definition) is 2. The molecule has 0 spiro atoms. The number of rotatable bonds is 5. The molecule has 1 heterocycles. The molecule has 1 aromatic heterocycles. The minimum Gasteiger partial charge on any atom is -0.392 e. The summed E-state index contributed by atoms with van der Waals surface area (Å²) in [6, 6.07) is 9.16. The number of aliphatic hydroxyl groups is 1. The van der Waals surface area contributed by atoms with Gasteiger partial charge in [-0.1, -0.05) is 12.1 Å². The van der Waals surface area contributed by atoms with Gasteiger partial charge in [-0.2, -0.15) is 5.10 Å². The molecule has 2 amide bonds. The van der Waals surface area contributed by atoms with E-state index in [1.807, 2.05) is 57.3 Å². The normalized spacial score (nSPS) is 12.3. The van der Waals surface area contributed by atoms with Crippen molar-refractivity contribution in [2.24, 2.45) is 0 Å². The van der Waals surface area contributed by atoms with E-state index in [9.17, 15) is 9.90 Å². The van der Waals surface area contributed by atoms with Crippen molar-refractivity contribution in [3.05, 3.63) is 42.2 Å². The van der Waals surface area contributed by atoms with Crippen LogP contribution < -0.4 is 5.32 Å². The second kappa shape index (κ2) is 7.28. The number of nitrogens with zero attached hydrogens (tertiary/aromatic N) is 3. The van der Waals surface area contributed by atoms with Gasteiger partial charge in [-0.15, -0.1) is 0 Å². The monoisotopic (exact) mass is 316 g/mol. The van der Waals surface area contributed by atoms with Gasteiger partial charge in [-0.3, -0.25) is 0 Å². The molecule has 0 radical (unpaired) electrons. The number of benzene rings is 1. The Labute approximate surface area is 136 Å². The standard InChI is InChI=1S/C17H24N4O2/c1-12(2)20(11-14(4)22)17(23)18-15-7-5-6-8-16(15)21-10-9-13(3)19-21/h5-10,12,14,22H,11H2,1-4H3,(H,18,23). The van der Waals surface area contributed by atoms with Gasteiger partial charge in [0.25, 0.3) is 0 Å². The Morgan fingerprint density at radius 2 is 2.00 bits per heavy atom. The molecule has 0 aliphatic carbocycles. The highest BCUT2D eigenvalue weighted by Crippen LogP contribution is 2.20. The molecule has 0 aliphatic rings. The van der Waals surface area contributed by atoms with Crippen molar-refractivity contribution in [2.75, 3.05) is 11.9 Å². The van der Waals surface area contributed by atoms with Gasteiger partial charge in [0.15, 0.2) is 0 Å². The highest BCUT2D eigenvalue weighted by molar-refractivity contribution is 5.91. The summed E-state index contributed by atoms with van der Waals surface area (Å²) >= 11 is 0. The topological polar surface area (TPSA) is 70.4 Å². The molecule has 23 heavy (non-hydrogen) atoms. The predicted molar refractivity (Wildman–Crippen MR) is 90.8 cm³/mol. The Morgan fingerprint density at radius 3 is 2.57 bits per heavy atom. The lowest BCUT2D eigenvalue weighted by Gasteiger charge is -2.28. The summed E-state index contributed by atoms with van der Waals surface area (Å²) < 4.78 is 1.74. The van der Waals surface area contributed by atoms with E-state index in [1.165, 1.54) is 0 Å². The van der Waals surface area contributed by atoms with Crippen molar-refractivity contribution in [3.63, 3.8) is 0 Å². The van der Waals surface area contributed by atoms with Crippen molar-refractivity contribution in [1.82, 2.24) is 14.7 Å². The number of aryl methyl sites for hydroxylation is 1. The van der Waals surface area contributed by atoms with Crippen molar-refractivity contribution in [3.8, 4) is 5.69 Å². The van der Waals surface area contributed by atoms with Crippen LogP contribution in [0.3, 0.4) is 0 Å². The van der Waals surface area contributed by atoms with Crippen molar-refractivity contribution >= 4 is 11.7 Å². The molecule has 2 rings (SSSR count). The SMILES string of the molecule is Cc1ccn(-c2ccccc2NC(=O)N(CC(C)O)C(C)C)n1. The first-order chi connectivity index (χ1) is 10.9. The number of para-hydroxylation sites is 2. The average Bonchev–Trinajstić information content (AvgIpc) is 2.91. The summed E-state index contributed by atoms with van der Waals surface area (Å²) in [7, 11) is 0. The second-order valence-corrected chi connectivity index (χ2v) is 5.94. The molecule has 6 nitrogen and oxygen atoms in total. The van der Waals surface area contributed by atoms with E-state index in [0.29, 0.717) is 5.69 Å². The Morgan fingerprint density at radius 1 is 1.30 bits per heavy atom. The van der Waals surface area contributed by atoms with E-state index in [4.69, 9.17) is 0 Å². The highest BCUT2D eigenvalue weighted by atomic mass is 16.3. The summed E-state index contributed by atoms with van der Waals surface area (Å²) in [5.74, 6) is 0. The van der Waals surface area contributed by atoms with Gasteiger partial charge in [0, 0.05) is 18.8 Å². The molecule has 2 aromatic rings. The van der Waals surface area contributed by atoms with Crippen LogP contribution in [0.5, 0.6) is 0 Å². The Bertz CT molecular complexity index is 664. The lowest BCUT2D eigenvalue weighted by atomic mass is 10.2. The van der Waals surface area contributed by atoms with Crippen LogP contribution in [-0.4, -0.2) is 44.5 Å². The minimum absolute atomic E-state index is 0.0105. The number of carbonyl (C=O) groups excluding carboxylic acids is 1. The van der Waals surface area contributed by atoms with Gasteiger partial charge in [0.2, 0.25) is 0 Å². The summed E-state index contributed by atoms with van der Waals surface area (Å²) in [5, 5.41) is 16.9. The molecule has 1 aromatic carbocycles. The fourth-order valence-corrected chi connectivity index (χ4v) is 2.33. The maximum absolute atomic E-state index is 12.6. The maximum Gasteiger partial charge on any atom is 0.322 e. The minimum atomic E-state index is -0.577. The van der Waals surface area contributed by atoms with Crippen LogP contribution in [0, 0.1) is 6.92 Å². The van der Waals surface area contributed by atoms with Gasteiger partial charge in [0.05, 0.1) is 23.2 Å². The summed E-state index contributed by atoms with van der Waals surface area (Å²) in [6.45, 7) is 7.71. The summed E-state index contributed by atoms with van der Waals surface area (Å²) in [4.78, 5) is 14.2. The lowest BCUT2D eigenvalue weighted by Crippen LogP contribution is -2.43. The number of nitrogens with one attached hydrogen (secondary N) is 1. The molecular formula is C17H24N4O2. The molecule has 6 heteroatoms. The molecule has 1 atom stereocenters. The van der Waals surface area contributed by atoms with Gasteiger partial charge in [-0.05, 0) is 45.9 Å². The molecule has 2 N–H and O–H groups in total. The van der Waals surface area contributed by atoms with E-state index < -0.39 is 6.10 Å². The Kier molecular flexibility index (Phi) is 5.39. The van der Waals surface area contributed by atoms with Crippen LogP contribution in [0.25, 0.3) is 5.69 Å². The molecule has 0 bridgehead atoms. The van der Waals surface area contributed by atoms with Crippen LogP contribution >= 0.6 is 0 Å². The number of aromatic nitrogens is 2.